The normalized spacial score (nSPS) is 13.6. The van der Waals surface area contributed by atoms with Gasteiger partial charge in [-0.2, -0.15) is 0 Å². The number of nitrogens with zero attached hydrogens (tertiary/aromatic N) is 3. The number of halogens is 3. The van der Waals surface area contributed by atoms with Crippen molar-refractivity contribution in [1.29, 1.82) is 0 Å². The van der Waals surface area contributed by atoms with Crippen LogP contribution >= 0.6 is 0 Å². The molecule has 3 aromatic rings. The highest BCUT2D eigenvalue weighted by molar-refractivity contribution is 5.67. The Morgan fingerprint density at radius 3 is 2.47 bits per heavy atom. The molecule has 0 bridgehead atoms. The zero-order valence-electron chi connectivity index (χ0n) is 17.0. The molecule has 1 saturated carbocycles. The zero-order valence-corrected chi connectivity index (χ0v) is 17.0. The van der Waals surface area contributed by atoms with Crippen LogP contribution in [0.15, 0.2) is 54.9 Å². The number of nitrogens with one attached hydrogen (secondary N) is 1. The highest BCUT2D eigenvalue weighted by Gasteiger charge is 2.31. The first-order chi connectivity index (χ1) is 15.4. The number of ether oxygens (including phenoxy) is 2. The van der Waals surface area contributed by atoms with Gasteiger partial charge in [0.25, 0.3) is 0 Å². The third-order valence-electron chi connectivity index (χ3n) is 4.87. The summed E-state index contributed by atoms with van der Waals surface area (Å²) >= 11 is 0. The number of alkyl carbamates (subject to hydrolysis) is 1. The van der Waals surface area contributed by atoms with Gasteiger partial charge in [0.15, 0.2) is 5.82 Å². The highest BCUT2D eigenvalue weighted by atomic mass is 19.4. The quantitative estimate of drug-likeness (QED) is 0.551. The van der Waals surface area contributed by atoms with Gasteiger partial charge >= 0.3 is 12.5 Å². The molecule has 1 fully saturated rings. The summed E-state index contributed by atoms with van der Waals surface area (Å²) in [6.45, 7) is 0.968. The maximum absolute atomic E-state index is 12.3. The second-order valence-corrected chi connectivity index (χ2v) is 7.47. The summed E-state index contributed by atoms with van der Waals surface area (Å²) in [5.74, 6) is 0.713. The maximum atomic E-state index is 12.3. The van der Waals surface area contributed by atoms with Gasteiger partial charge in [-0.15, -0.1) is 18.3 Å². The van der Waals surface area contributed by atoms with Crippen LogP contribution in [0.25, 0.3) is 17.1 Å². The monoisotopic (exact) mass is 446 g/mol. The van der Waals surface area contributed by atoms with Crippen LogP contribution in [-0.2, 0) is 11.2 Å². The number of aromatic nitrogens is 3. The van der Waals surface area contributed by atoms with Crippen LogP contribution in [0.4, 0.5) is 18.0 Å². The van der Waals surface area contributed by atoms with Gasteiger partial charge < -0.3 is 14.8 Å². The molecule has 168 valence electrons. The van der Waals surface area contributed by atoms with E-state index in [2.05, 4.69) is 20.1 Å². The third-order valence-corrected chi connectivity index (χ3v) is 4.87. The van der Waals surface area contributed by atoms with Crippen molar-refractivity contribution in [1.82, 2.24) is 20.1 Å². The molecule has 10 heteroatoms. The Labute approximate surface area is 182 Å². The fourth-order valence-corrected chi connectivity index (χ4v) is 2.98. The Morgan fingerprint density at radius 2 is 1.81 bits per heavy atom. The number of hydrogen-bond donors (Lipinski definition) is 1. The van der Waals surface area contributed by atoms with E-state index in [1.54, 1.807) is 0 Å². The van der Waals surface area contributed by atoms with Crippen molar-refractivity contribution < 1.29 is 27.4 Å². The lowest BCUT2D eigenvalue weighted by molar-refractivity contribution is -0.274. The minimum absolute atomic E-state index is 0.303. The predicted octanol–water partition coefficient (Wildman–Crippen LogP) is 4.51. The van der Waals surface area contributed by atoms with Crippen molar-refractivity contribution in [2.75, 3.05) is 13.2 Å². The Hall–Kier alpha value is -3.56. The molecule has 0 saturated heterocycles. The number of rotatable bonds is 8. The summed E-state index contributed by atoms with van der Waals surface area (Å²) in [7, 11) is 0. The predicted molar refractivity (Wildman–Crippen MR) is 109 cm³/mol. The standard InChI is InChI=1S/C22H21F3N4O3/c23-22(24,25)32-19-9-7-18(8-10-19)29-14-27-20(28-29)17-5-3-15(4-6-17)11-12-26-21(30)31-13-16-1-2-16/h3-10,14,16H,1-2,11-13H2,(H,26,30). The largest absolute Gasteiger partial charge is 0.573 e. The molecule has 1 amide bonds. The molecule has 2 aromatic carbocycles. The van der Waals surface area contributed by atoms with E-state index >= 15 is 0 Å². The van der Waals surface area contributed by atoms with Gasteiger partial charge in [-0.1, -0.05) is 24.3 Å². The van der Waals surface area contributed by atoms with Crippen LogP contribution in [0.3, 0.4) is 0 Å². The van der Waals surface area contributed by atoms with E-state index in [0.29, 0.717) is 37.0 Å². The molecule has 7 nitrogen and oxygen atoms in total. The Kier molecular flexibility index (Phi) is 6.29. The Balaban J connectivity index is 1.30. The highest BCUT2D eigenvalue weighted by Crippen LogP contribution is 2.28. The van der Waals surface area contributed by atoms with Gasteiger partial charge in [-0.25, -0.2) is 14.5 Å². The van der Waals surface area contributed by atoms with Gasteiger partial charge in [0.05, 0.1) is 12.3 Å². The third kappa shape index (κ3) is 6.22. The summed E-state index contributed by atoms with van der Waals surface area (Å²) in [5.41, 5.74) is 2.38. The van der Waals surface area contributed by atoms with Crippen molar-refractivity contribution in [2.45, 2.75) is 25.6 Å². The summed E-state index contributed by atoms with van der Waals surface area (Å²) in [6.07, 6.45) is -0.705. The minimum atomic E-state index is -4.73. The number of alkyl halides is 3. The van der Waals surface area contributed by atoms with Gasteiger partial charge in [-0.3, -0.25) is 0 Å². The lowest BCUT2D eigenvalue weighted by Crippen LogP contribution is -2.27. The molecule has 4 rings (SSSR count). The smallest absolute Gasteiger partial charge is 0.449 e. The number of carbonyl (C=O) groups is 1. The van der Waals surface area contributed by atoms with E-state index < -0.39 is 6.36 Å². The molecule has 1 aromatic heterocycles. The molecule has 1 heterocycles. The summed E-state index contributed by atoms with van der Waals surface area (Å²) in [5, 5.41) is 7.12. The van der Waals surface area contributed by atoms with Crippen molar-refractivity contribution in [3.63, 3.8) is 0 Å². The number of carbonyl (C=O) groups excluding carboxylic acids is 1. The van der Waals surface area contributed by atoms with Gasteiger partial charge in [0.2, 0.25) is 0 Å². The first-order valence-electron chi connectivity index (χ1n) is 10.1. The van der Waals surface area contributed by atoms with E-state index in [1.165, 1.54) is 35.3 Å². The Morgan fingerprint density at radius 1 is 1.09 bits per heavy atom. The first kappa shape index (κ1) is 21.7. The topological polar surface area (TPSA) is 78.3 Å². The Bertz CT molecular complexity index is 1050. The molecule has 0 unspecified atom stereocenters. The second-order valence-electron chi connectivity index (χ2n) is 7.47. The molecular weight excluding hydrogens is 425 g/mol. The molecule has 1 aliphatic rings. The second kappa shape index (κ2) is 9.29. The van der Waals surface area contributed by atoms with E-state index in [1.807, 2.05) is 24.3 Å². The zero-order chi connectivity index (χ0) is 22.6. The first-order valence-corrected chi connectivity index (χ1v) is 10.1. The molecule has 0 spiro atoms. The van der Waals surface area contributed by atoms with E-state index in [4.69, 9.17) is 4.74 Å². The van der Waals surface area contributed by atoms with Gasteiger partial charge in [-0.05, 0) is 55.0 Å². The fraction of sp³-hybridized carbons (Fsp3) is 0.318. The average Bonchev–Trinajstić information content (AvgIpc) is 3.46. The summed E-state index contributed by atoms with van der Waals surface area (Å²) < 4.78 is 47.3. The van der Waals surface area contributed by atoms with Crippen molar-refractivity contribution in [3.8, 4) is 22.8 Å². The lowest BCUT2D eigenvalue weighted by Gasteiger charge is -2.09. The molecule has 0 aliphatic heterocycles. The van der Waals surface area contributed by atoms with E-state index in [9.17, 15) is 18.0 Å². The van der Waals surface area contributed by atoms with E-state index in [-0.39, 0.29) is 11.8 Å². The van der Waals surface area contributed by atoms with Crippen molar-refractivity contribution in [2.24, 2.45) is 5.92 Å². The van der Waals surface area contributed by atoms with Gasteiger partial charge in [0, 0.05) is 12.1 Å². The number of amides is 1. The van der Waals surface area contributed by atoms with Crippen molar-refractivity contribution in [3.05, 3.63) is 60.4 Å². The van der Waals surface area contributed by atoms with Crippen LogP contribution in [0.1, 0.15) is 18.4 Å². The van der Waals surface area contributed by atoms with Crippen LogP contribution in [0, 0.1) is 5.92 Å². The molecule has 32 heavy (non-hydrogen) atoms. The van der Waals surface area contributed by atoms with Crippen molar-refractivity contribution >= 4 is 6.09 Å². The van der Waals surface area contributed by atoms with E-state index in [0.717, 1.165) is 24.0 Å². The van der Waals surface area contributed by atoms with Crippen LogP contribution in [0.2, 0.25) is 0 Å². The fourth-order valence-electron chi connectivity index (χ4n) is 2.98. The lowest BCUT2D eigenvalue weighted by atomic mass is 10.1. The molecule has 0 radical (unpaired) electrons. The number of hydrogen-bond acceptors (Lipinski definition) is 5. The average molecular weight is 446 g/mol. The van der Waals surface area contributed by atoms with Crippen LogP contribution in [-0.4, -0.2) is 40.4 Å². The van der Waals surface area contributed by atoms with Crippen LogP contribution in [0.5, 0.6) is 5.75 Å². The molecule has 0 atom stereocenters. The van der Waals surface area contributed by atoms with Crippen LogP contribution < -0.4 is 10.1 Å². The van der Waals surface area contributed by atoms with Gasteiger partial charge in [0.1, 0.15) is 12.1 Å². The maximum Gasteiger partial charge on any atom is 0.573 e. The summed E-state index contributed by atoms with van der Waals surface area (Å²) in [6, 6.07) is 13.0. The molecular formula is C22H21F3N4O3. The molecule has 1 aliphatic carbocycles. The number of benzene rings is 2. The SMILES string of the molecule is O=C(NCCc1ccc(-c2ncn(-c3ccc(OC(F)(F)F)cc3)n2)cc1)OCC1CC1. The summed E-state index contributed by atoms with van der Waals surface area (Å²) in [4.78, 5) is 15.9. The molecule has 1 N–H and O–H groups in total. The minimum Gasteiger partial charge on any atom is -0.449 e.